The van der Waals surface area contributed by atoms with Crippen molar-refractivity contribution in [2.75, 3.05) is 0 Å². The van der Waals surface area contributed by atoms with Crippen LogP contribution in [0.25, 0.3) is 0 Å². The number of hydrogen-bond donors (Lipinski definition) is 1. The predicted molar refractivity (Wildman–Crippen MR) is 64.0 cm³/mol. The second kappa shape index (κ2) is 5.40. The molecule has 0 saturated carbocycles. The van der Waals surface area contributed by atoms with E-state index in [1.165, 1.54) is 12.5 Å². The van der Waals surface area contributed by atoms with E-state index >= 15 is 0 Å². The maximum Gasteiger partial charge on any atom is 0.337 e. The summed E-state index contributed by atoms with van der Waals surface area (Å²) in [5.41, 5.74) is -0.609. The molecule has 0 unspecified atom stereocenters. The Hall–Kier alpha value is -2.55. The Morgan fingerprint density at radius 3 is 2.79 bits per heavy atom. The standard InChI is InChI=1S/C10H6N4O4S/c15-10(16)6-3-7(14(17)18)9(12-4-6)19-8-1-2-11-5-13-8/h1-5H,(H,15,16). The van der Waals surface area contributed by atoms with Gasteiger partial charge in [0.25, 0.3) is 0 Å². The van der Waals surface area contributed by atoms with Gasteiger partial charge in [0.15, 0.2) is 5.03 Å². The lowest BCUT2D eigenvalue weighted by molar-refractivity contribution is -0.388. The fourth-order valence-corrected chi connectivity index (χ4v) is 1.98. The van der Waals surface area contributed by atoms with Gasteiger partial charge >= 0.3 is 11.7 Å². The average molecular weight is 278 g/mol. The highest BCUT2D eigenvalue weighted by molar-refractivity contribution is 7.99. The molecule has 9 heteroatoms. The molecule has 0 radical (unpaired) electrons. The summed E-state index contributed by atoms with van der Waals surface area (Å²) in [5.74, 6) is -1.27. The summed E-state index contributed by atoms with van der Waals surface area (Å²) in [5, 5.41) is 20.3. The van der Waals surface area contributed by atoms with Crippen molar-refractivity contribution in [3.63, 3.8) is 0 Å². The van der Waals surface area contributed by atoms with Gasteiger partial charge in [0.05, 0.1) is 10.5 Å². The highest BCUT2D eigenvalue weighted by Crippen LogP contribution is 2.31. The number of carboxylic acids is 1. The Balaban J connectivity index is 2.40. The van der Waals surface area contributed by atoms with Crippen LogP contribution in [0, 0.1) is 10.1 Å². The summed E-state index contributed by atoms with van der Waals surface area (Å²) in [6, 6.07) is 2.54. The zero-order valence-electron chi connectivity index (χ0n) is 9.26. The number of pyridine rings is 1. The molecule has 0 saturated heterocycles. The molecule has 0 bridgehead atoms. The van der Waals surface area contributed by atoms with Crippen LogP contribution in [-0.4, -0.2) is 31.0 Å². The molecule has 0 amide bonds. The highest BCUT2D eigenvalue weighted by Gasteiger charge is 2.20. The zero-order valence-corrected chi connectivity index (χ0v) is 10.1. The second-order valence-corrected chi connectivity index (χ2v) is 4.27. The van der Waals surface area contributed by atoms with Gasteiger partial charge in [-0.15, -0.1) is 0 Å². The molecule has 19 heavy (non-hydrogen) atoms. The molecule has 0 spiro atoms. The van der Waals surface area contributed by atoms with Crippen molar-refractivity contribution in [1.82, 2.24) is 15.0 Å². The number of carbonyl (C=O) groups is 1. The fourth-order valence-electron chi connectivity index (χ4n) is 1.20. The third-order valence-electron chi connectivity index (χ3n) is 2.03. The smallest absolute Gasteiger partial charge is 0.337 e. The molecule has 0 aliphatic rings. The minimum Gasteiger partial charge on any atom is -0.478 e. The SMILES string of the molecule is O=C(O)c1cnc(Sc2ccncn2)c([N+](=O)[O-])c1. The Kier molecular flexibility index (Phi) is 3.66. The molecule has 1 N–H and O–H groups in total. The molecular weight excluding hydrogens is 272 g/mol. The van der Waals surface area contributed by atoms with Crippen molar-refractivity contribution in [1.29, 1.82) is 0 Å². The molecule has 0 aliphatic carbocycles. The average Bonchev–Trinajstić information content (AvgIpc) is 2.39. The molecule has 0 aliphatic heterocycles. The highest BCUT2D eigenvalue weighted by atomic mass is 32.2. The van der Waals surface area contributed by atoms with Crippen LogP contribution in [0.15, 0.2) is 40.9 Å². The lowest BCUT2D eigenvalue weighted by Crippen LogP contribution is -2.01. The van der Waals surface area contributed by atoms with E-state index in [2.05, 4.69) is 15.0 Å². The number of rotatable bonds is 4. The molecule has 0 aromatic carbocycles. The fraction of sp³-hybridized carbons (Fsp3) is 0. The maximum atomic E-state index is 10.9. The molecule has 0 atom stereocenters. The van der Waals surface area contributed by atoms with Gasteiger partial charge < -0.3 is 5.11 Å². The molecule has 2 aromatic rings. The molecular formula is C10H6N4O4S. The minimum absolute atomic E-state index is 0.0775. The van der Waals surface area contributed by atoms with Crippen LogP contribution in [0.1, 0.15) is 10.4 Å². The number of carboxylic acid groups (broad SMARTS) is 1. The van der Waals surface area contributed by atoms with Gasteiger partial charge in [-0.25, -0.2) is 19.7 Å². The molecule has 2 rings (SSSR count). The largest absolute Gasteiger partial charge is 0.478 e. The van der Waals surface area contributed by atoms with E-state index in [-0.39, 0.29) is 16.3 Å². The van der Waals surface area contributed by atoms with E-state index in [4.69, 9.17) is 5.11 Å². The molecule has 0 fully saturated rings. The summed E-state index contributed by atoms with van der Waals surface area (Å²) in [6.07, 6.45) is 3.87. The third-order valence-corrected chi connectivity index (χ3v) is 2.99. The first-order valence-corrected chi connectivity index (χ1v) is 5.71. The second-order valence-electron chi connectivity index (χ2n) is 3.26. The maximum absolute atomic E-state index is 10.9. The Bertz CT molecular complexity index is 635. The Morgan fingerprint density at radius 1 is 1.42 bits per heavy atom. The first kappa shape index (κ1) is 12.9. The number of aromatic carboxylic acids is 1. The normalized spacial score (nSPS) is 10.1. The Morgan fingerprint density at radius 2 is 2.21 bits per heavy atom. The summed E-state index contributed by atoms with van der Waals surface area (Å²) >= 11 is 0.966. The zero-order chi connectivity index (χ0) is 13.8. The lowest BCUT2D eigenvalue weighted by Gasteiger charge is -2.02. The van der Waals surface area contributed by atoms with Crippen molar-refractivity contribution >= 4 is 23.4 Å². The lowest BCUT2D eigenvalue weighted by atomic mass is 10.3. The van der Waals surface area contributed by atoms with Crippen LogP contribution >= 0.6 is 11.8 Å². The van der Waals surface area contributed by atoms with Gasteiger partial charge in [-0.2, -0.15) is 0 Å². The van der Waals surface area contributed by atoms with Crippen molar-refractivity contribution in [2.24, 2.45) is 0 Å². The van der Waals surface area contributed by atoms with E-state index in [1.807, 2.05) is 0 Å². The predicted octanol–water partition coefficient (Wildman–Crippen LogP) is 1.63. The summed E-state index contributed by atoms with van der Waals surface area (Å²) < 4.78 is 0. The van der Waals surface area contributed by atoms with Gasteiger partial charge in [-0.3, -0.25) is 10.1 Å². The van der Waals surface area contributed by atoms with Gasteiger partial charge in [0.2, 0.25) is 0 Å². The van der Waals surface area contributed by atoms with Gasteiger partial charge in [0, 0.05) is 18.5 Å². The quantitative estimate of drug-likeness (QED) is 0.509. The first-order valence-electron chi connectivity index (χ1n) is 4.89. The number of aromatic nitrogens is 3. The topological polar surface area (TPSA) is 119 Å². The van der Waals surface area contributed by atoms with Crippen LogP contribution in [0.5, 0.6) is 0 Å². The van der Waals surface area contributed by atoms with Crippen LogP contribution in [-0.2, 0) is 0 Å². The first-order chi connectivity index (χ1) is 9.08. The van der Waals surface area contributed by atoms with E-state index in [1.54, 1.807) is 6.07 Å². The number of nitro groups is 1. The molecule has 8 nitrogen and oxygen atoms in total. The summed E-state index contributed by atoms with van der Waals surface area (Å²) in [6.45, 7) is 0. The van der Waals surface area contributed by atoms with Crippen molar-refractivity contribution in [3.8, 4) is 0 Å². The molecule has 2 aromatic heterocycles. The van der Waals surface area contributed by atoms with Crippen molar-refractivity contribution in [3.05, 3.63) is 46.5 Å². The summed E-state index contributed by atoms with van der Waals surface area (Å²) in [7, 11) is 0. The van der Waals surface area contributed by atoms with Crippen molar-refractivity contribution in [2.45, 2.75) is 10.1 Å². The van der Waals surface area contributed by atoms with E-state index in [9.17, 15) is 14.9 Å². The monoisotopic (exact) mass is 278 g/mol. The van der Waals surface area contributed by atoms with E-state index in [0.717, 1.165) is 24.0 Å². The van der Waals surface area contributed by atoms with Crippen LogP contribution < -0.4 is 0 Å². The van der Waals surface area contributed by atoms with Crippen LogP contribution in [0.3, 0.4) is 0 Å². The van der Waals surface area contributed by atoms with Gasteiger partial charge in [0.1, 0.15) is 11.4 Å². The van der Waals surface area contributed by atoms with Gasteiger partial charge in [-0.05, 0) is 17.8 Å². The number of nitrogens with zero attached hydrogens (tertiary/aromatic N) is 4. The molecule has 96 valence electrons. The van der Waals surface area contributed by atoms with Crippen LogP contribution in [0.2, 0.25) is 0 Å². The minimum atomic E-state index is -1.27. The van der Waals surface area contributed by atoms with E-state index in [0.29, 0.717) is 5.03 Å². The van der Waals surface area contributed by atoms with E-state index < -0.39 is 10.9 Å². The molecule has 2 heterocycles. The summed E-state index contributed by atoms with van der Waals surface area (Å²) in [4.78, 5) is 32.4. The van der Waals surface area contributed by atoms with Crippen molar-refractivity contribution < 1.29 is 14.8 Å². The van der Waals surface area contributed by atoms with Gasteiger partial charge in [-0.1, -0.05) is 0 Å². The Labute approximate surface area is 110 Å². The number of hydrogen-bond acceptors (Lipinski definition) is 7. The van der Waals surface area contributed by atoms with Crippen LogP contribution in [0.4, 0.5) is 5.69 Å². The third kappa shape index (κ3) is 3.01.